The molecule has 2 heterocycles. The topological polar surface area (TPSA) is 83.0 Å². The van der Waals surface area contributed by atoms with Gasteiger partial charge in [0.1, 0.15) is 30.6 Å². The van der Waals surface area contributed by atoms with Crippen molar-refractivity contribution in [2.24, 2.45) is 0 Å². The van der Waals surface area contributed by atoms with E-state index in [9.17, 15) is 4.57 Å². The molecule has 0 radical (unpaired) electrons. The Bertz CT molecular complexity index is 1030. The first-order valence-electron chi connectivity index (χ1n) is 9.72. The van der Waals surface area contributed by atoms with Gasteiger partial charge in [-0.15, -0.1) is 11.6 Å². The average Bonchev–Trinajstić information content (AvgIpc) is 3.02. The number of hydrogen-bond donors (Lipinski definition) is 1. The van der Waals surface area contributed by atoms with Gasteiger partial charge in [0, 0.05) is 23.0 Å². The maximum atomic E-state index is 12.5. The van der Waals surface area contributed by atoms with Crippen molar-refractivity contribution < 1.29 is 9.40 Å². The van der Waals surface area contributed by atoms with Crippen LogP contribution in [0.5, 0.6) is 0 Å². The standard InChI is InChI=1S/C20H28ClN4O2P/c1-4-5-8-17-24-18-19(25(17)27-12-7-6-11-21)15-10-9-14(28(2,3)26)13-16(15)23-20(18)22/h9-10,13H,4-8,11-12H2,1-3H3,(H2,22,23). The van der Waals surface area contributed by atoms with Crippen molar-refractivity contribution in [1.82, 2.24) is 14.7 Å². The number of anilines is 1. The first kappa shape index (κ1) is 20.9. The highest BCUT2D eigenvalue weighted by atomic mass is 35.5. The summed E-state index contributed by atoms with van der Waals surface area (Å²) in [5, 5.41) is 1.68. The second kappa shape index (κ2) is 8.71. The second-order valence-corrected chi connectivity index (χ2v) is 11.0. The van der Waals surface area contributed by atoms with E-state index >= 15 is 0 Å². The number of alkyl halides is 1. The lowest BCUT2D eigenvalue weighted by Crippen LogP contribution is -2.16. The number of halogens is 1. The minimum atomic E-state index is -2.39. The minimum Gasteiger partial charge on any atom is -0.412 e. The van der Waals surface area contributed by atoms with E-state index in [1.807, 2.05) is 22.9 Å². The maximum Gasteiger partial charge on any atom is 0.152 e. The molecular weight excluding hydrogens is 395 g/mol. The highest BCUT2D eigenvalue weighted by molar-refractivity contribution is 7.70. The number of unbranched alkanes of at least 4 members (excludes halogenated alkanes) is 2. The van der Waals surface area contributed by atoms with Crippen LogP contribution in [0.1, 0.15) is 38.4 Å². The van der Waals surface area contributed by atoms with Crippen LogP contribution >= 0.6 is 18.7 Å². The monoisotopic (exact) mass is 422 g/mol. The summed E-state index contributed by atoms with van der Waals surface area (Å²) < 4.78 is 14.3. The fraction of sp³-hybridized carbons (Fsp3) is 0.500. The first-order valence-corrected chi connectivity index (χ1v) is 12.9. The molecule has 28 heavy (non-hydrogen) atoms. The Kier molecular flexibility index (Phi) is 6.51. The smallest absolute Gasteiger partial charge is 0.152 e. The molecule has 3 aromatic rings. The van der Waals surface area contributed by atoms with E-state index in [0.717, 1.165) is 54.1 Å². The quantitative estimate of drug-likeness (QED) is 0.317. The van der Waals surface area contributed by atoms with Crippen molar-refractivity contribution in [3.63, 3.8) is 0 Å². The lowest BCUT2D eigenvalue weighted by atomic mass is 10.2. The third-order valence-electron chi connectivity index (χ3n) is 4.75. The molecule has 152 valence electrons. The third kappa shape index (κ3) is 4.28. The summed E-state index contributed by atoms with van der Waals surface area (Å²) in [5.74, 6) is 1.83. The molecule has 3 rings (SSSR count). The van der Waals surface area contributed by atoms with Crippen LogP contribution in [-0.2, 0) is 11.0 Å². The molecule has 2 aromatic heterocycles. The van der Waals surface area contributed by atoms with Crippen molar-refractivity contribution >= 4 is 51.8 Å². The van der Waals surface area contributed by atoms with Gasteiger partial charge in [-0.2, -0.15) is 4.73 Å². The van der Waals surface area contributed by atoms with Crippen LogP contribution in [0.3, 0.4) is 0 Å². The van der Waals surface area contributed by atoms with E-state index in [1.165, 1.54) is 0 Å². The Labute approximate surface area is 170 Å². The molecule has 0 amide bonds. The minimum absolute atomic E-state index is 0.363. The summed E-state index contributed by atoms with van der Waals surface area (Å²) in [6.45, 7) is 6.21. The summed E-state index contributed by atoms with van der Waals surface area (Å²) in [5.41, 5.74) is 8.43. The Morgan fingerprint density at radius 2 is 2.00 bits per heavy atom. The molecule has 0 atom stereocenters. The van der Waals surface area contributed by atoms with E-state index in [2.05, 4.69) is 11.9 Å². The number of fused-ring (bicyclic) bond motifs is 3. The Hall–Kier alpha value is -1.78. The largest absolute Gasteiger partial charge is 0.412 e. The Morgan fingerprint density at radius 1 is 1.21 bits per heavy atom. The van der Waals surface area contributed by atoms with Gasteiger partial charge in [-0.3, -0.25) is 0 Å². The molecule has 0 spiro atoms. The van der Waals surface area contributed by atoms with E-state index in [1.54, 1.807) is 13.3 Å². The highest BCUT2D eigenvalue weighted by Crippen LogP contribution is 2.36. The summed E-state index contributed by atoms with van der Waals surface area (Å²) in [6.07, 6.45) is 4.65. The van der Waals surface area contributed by atoms with Gasteiger partial charge in [0.25, 0.3) is 0 Å². The van der Waals surface area contributed by atoms with Crippen LogP contribution in [0.25, 0.3) is 21.9 Å². The summed E-state index contributed by atoms with van der Waals surface area (Å²) in [4.78, 5) is 15.4. The van der Waals surface area contributed by atoms with Gasteiger partial charge in [-0.05, 0) is 44.7 Å². The van der Waals surface area contributed by atoms with Crippen LogP contribution in [0.4, 0.5) is 5.82 Å². The Balaban J connectivity index is 2.18. The van der Waals surface area contributed by atoms with Crippen LogP contribution in [0.15, 0.2) is 18.2 Å². The predicted molar refractivity (Wildman–Crippen MR) is 119 cm³/mol. The fourth-order valence-electron chi connectivity index (χ4n) is 3.18. The van der Waals surface area contributed by atoms with Crippen molar-refractivity contribution in [3.05, 3.63) is 24.0 Å². The van der Waals surface area contributed by atoms with Crippen LogP contribution in [0, 0.1) is 0 Å². The summed E-state index contributed by atoms with van der Waals surface area (Å²) in [7, 11) is -2.39. The molecule has 6 nitrogen and oxygen atoms in total. The van der Waals surface area contributed by atoms with E-state index in [0.29, 0.717) is 29.3 Å². The van der Waals surface area contributed by atoms with Crippen LogP contribution in [-0.4, -0.2) is 40.5 Å². The van der Waals surface area contributed by atoms with Gasteiger partial charge in [0.15, 0.2) is 5.82 Å². The summed E-state index contributed by atoms with van der Waals surface area (Å²) in [6, 6.07) is 5.71. The summed E-state index contributed by atoms with van der Waals surface area (Å²) >= 11 is 5.79. The molecule has 0 unspecified atom stereocenters. The number of nitrogen functional groups attached to an aromatic ring is 1. The van der Waals surface area contributed by atoms with Crippen molar-refractivity contribution in [3.8, 4) is 0 Å². The van der Waals surface area contributed by atoms with Crippen molar-refractivity contribution in [2.45, 2.75) is 39.0 Å². The molecule has 0 aliphatic rings. The zero-order valence-corrected chi connectivity index (χ0v) is 18.4. The molecule has 0 aliphatic carbocycles. The molecule has 0 saturated heterocycles. The van der Waals surface area contributed by atoms with E-state index in [-0.39, 0.29) is 0 Å². The SMILES string of the molecule is CCCCc1nc2c(N)nc3cc(P(C)(C)=O)ccc3c2n1OCCCCCl. The lowest BCUT2D eigenvalue weighted by Gasteiger charge is -2.13. The average molecular weight is 423 g/mol. The maximum absolute atomic E-state index is 12.5. The molecule has 0 bridgehead atoms. The van der Waals surface area contributed by atoms with Crippen molar-refractivity contribution in [2.75, 3.05) is 31.6 Å². The number of hydrogen-bond acceptors (Lipinski definition) is 5. The number of nitrogens with zero attached hydrogens (tertiary/aromatic N) is 3. The highest BCUT2D eigenvalue weighted by Gasteiger charge is 2.20. The normalized spacial score (nSPS) is 12.1. The number of imidazole rings is 1. The van der Waals surface area contributed by atoms with E-state index in [4.69, 9.17) is 27.2 Å². The van der Waals surface area contributed by atoms with Gasteiger partial charge >= 0.3 is 0 Å². The molecule has 0 fully saturated rings. The zero-order chi connectivity index (χ0) is 20.3. The van der Waals surface area contributed by atoms with Gasteiger partial charge < -0.3 is 15.1 Å². The number of benzene rings is 1. The third-order valence-corrected chi connectivity index (χ3v) is 6.54. The number of aromatic nitrogens is 3. The van der Waals surface area contributed by atoms with Gasteiger partial charge in [0.05, 0.1) is 5.52 Å². The lowest BCUT2D eigenvalue weighted by molar-refractivity contribution is 0.110. The van der Waals surface area contributed by atoms with Crippen molar-refractivity contribution in [1.29, 1.82) is 0 Å². The zero-order valence-electron chi connectivity index (χ0n) is 16.7. The van der Waals surface area contributed by atoms with Gasteiger partial charge in [-0.1, -0.05) is 19.4 Å². The molecule has 0 aliphatic heterocycles. The molecular formula is C20H28ClN4O2P. The van der Waals surface area contributed by atoms with Crippen LogP contribution in [0.2, 0.25) is 0 Å². The first-order chi connectivity index (χ1) is 13.4. The molecule has 1 aromatic carbocycles. The number of rotatable bonds is 9. The molecule has 0 saturated carbocycles. The predicted octanol–water partition coefficient (Wildman–Crippen LogP) is 4.20. The van der Waals surface area contributed by atoms with E-state index < -0.39 is 7.14 Å². The fourth-order valence-corrected chi connectivity index (χ4v) is 4.24. The molecule has 8 heteroatoms. The van der Waals surface area contributed by atoms with Gasteiger partial charge in [0.2, 0.25) is 0 Å². The number of aryl methyl sites for hydroxylation is 1. The second-order valence-electron chi connectivity index (χ2n) is 7.40. The van der Waals surface area contributed by atoms with Gasteiger partial charge in [-0.25, -0.2) is 9.97 Å². The number of nitrogens with two attached hydrogens (primary N) is 1. The Morgan fingerprint density at radius 3 is 2.68 bits per heavy atom. The number of pyridine rings is 1. The van der Waals surface area contributed by atoms with Crippen LogP contribution < -0.4 is 15.9 Å². The molecule has 2 N–H and O–H groups in total.